The highest BCUT2D eigenvalue weighted by Crippen LogP contribution is 2.33. The predicted molar refractivity (Wildman–Crippen MR) is 158 cm³/mol. The number of amides is 2. The fourth-order valence-electron chi connectivity index (χ4n) is 4.89. The largest absolute Gasteiger partial charge is 0.772 e. The molecule has 0 aliphatic carbocycles. The van der Waals surface area contributed by atoms with Crippen LogP contribution in [0.15, 0.2) is 75.8 Å². The molecule has 5 aromatic rings. The summed E-state index contributed by atoms with van der Waals surface area (Å²) in [6.45, 7) is 0.897. The number of hydrogen-bond acceptors (Lipinski definition) is 8. The molecule has 2 aromatic carbocycles. The van der Waals surface area contributed by atoms with Crippen LogP contribution in [0.4, 0.5) is 10.8 Å². The molecule has 4 heterocycles. The van der Waals surface area contributed by atoms with Gasteiger partial charge in [-0.15, -0.1) is 22.7 Å². The number of para-hydroxylation sites is 1. The van der Waals surface area contributed by atoms with Gasteiger partial charge in [0.2, 0.25) is 5.91 Å². The third kappa shape index (κ3) is 5.50. The van der Waals surface area contributed by atoms with Crippen LogP contribution in [0.5, 0.6) is 0 Å². The van der Waals surface area contributed by atoms with Crippen molar-refractivity contribution < 1.29 is 22.8 Å². The molecule has 0 bridgehead atoms. The van der Waals surface area contributed by atoms with Crippen molar-refractivity contribution in [1.29, 1.82) is 0 Å². The zero-order valence-electron chi connectivity index (χ0n) is 21.3. The lowest BCUT2D eigenvalue weighted by Gasteiger charge is -2.21. The highest BCUT2D eigenvalue weighted by atomic mass is 32.2. The summed E-state index contributed by atoms with van der Waals surface area (Å²) in [7, 11) is 0. The maximum Gasteiger partial charge on any atom is 0.270 e. The minimum Gasteiger partial charge on any atom is -0.772 e. The van der Waals surface area contributed by atoms with Gasteiger partial charge in [0.05, 0.1) is 4.88 Å². The van der Waals surface area contributed by atoms with E-state index in [9.17, 15) is 18.4 Å². The molecule has 2 amide bonds. The van der Waals surface area contributed by atoms with Crippen molar-refractivity contribution in [3.05, 3.63) is 87.4 Å². The SMILES string of the molecule is O=C(c1cccs1)N(CCCC(=O)N1CCc2cc(CS(=O)[O-])ccc21)c1nc(-c2cc3ccccc3o2)cs1. The molecule has 1 aliphatic rings. The lowest BCUT2D eigenvalue weighted by Crippen LogP contribution is -2.33. The number of furan rings is 1. The number of carbonyl (C=O) groups excluding carboxylic acids is 2. The fraction of sp³-hybridized carbons (Fsp3) is 0.207. The van der Waals surface area contributed by atoms with Crippen molar-refractivity contribution >= 4 is 67.4 Å². The minimum atomic E-state index is -2.16. The average molecular weight is 591 g/mol. The third-order valence-electron chi connectivity index (χ3n) is 6.78. The highest BCUT2D eigenvalue weighted by molar-refractivity contribution is 7.78. The molecule has 0 N–H and O–H groups in total. The van der Waals surface area contributed by atoms with Crippen LogP contribution in [0.25, 0.3) is 22.4 Å². The van der Waals surface area contributed by atoms with Crippen LogP contribution in [0.1, 0.15) is 33.6 Å². The van der Waals surface area contributed by atoms with Gasteiger partial charge in [0.15, 0.2) is 10.9 Å². The molecule has 3 aromatic heterocycles. The van der Waals surface area contributed by atoms with Gasteiger partial charge in [-0.25, -0.2) is 4.98 Å². The van der Waals surface area contributed by atoms with E-state index in [-0.39, 0.29) is 24.0 Å². The monoisotopic (exact) mass is 590 g/mol. The first-order chi connectivity index (χ1) is 19.5. The standard InChI is InChI=1S/C29H25N3O5S3/c33-27(31-13-11-20-15-19(18-40(35)36)9-10-23(20)31)8-3-12-32(28(34)26-7-4-14-38-26)29-30-22(17-39-29)25-16-21-5-1-2-6-24(21)37-25/h1-2,4-7,9-10,14-17H,3,8,11-13,18H2,(H,35,36)/p-1. The van der Waals surface area contributed by atoms with E-state index in [0.29, 0.717) is 47.4 Å². The number of anilines is 2. The zero-order valence-corrected chi connectivity index (χ0v) is 23.7. The van der Waals surface area contributed by atoms with Crippen LogP contribution in [-0.4, -0.2) is 38.6 Å². The Bertz CT molecular complexity index is 1680. The number of hydrogen-bond donors (Lipinski definition) is 0. The molecule has 0 fully saturated rings. The van der Waals surface area contributed by atoms with Crippen molar-refractivity contribution in [3.8, 4) is 11.5 Å². The lowest BCUT2D eigenvalue weighted by molar-refractivity contribution is -0.118. The van der Waals surface area contributed by atoms with Crippen LogP contribution in [-0.2, 0) is 28.0 Å². The first-order valence-electron chi connectivity index (χ1n) is 12.7. The van der Waals surface area contributed by atoms with Crippen LogP contribution < -0.4 is 9.80 Å². The average Bonchev–Trinajstić information content (AvgIpc) is 3.76. The topological polar surface area (TPSA) is 107 Å². The van der Waals surface area contributed by atoms with E-state index in [1.54, 1.807) is 21.9 Å². The Morgan fingerprint density at radius 3 is 2.77 bits per heavy atom. The summed E-state index contributed by atoms with van der Waals surface area (Å²) < 4.78 is 28.1. The normalized spacial score (nSPS) is 13.5. The number of nitrogens with zero attached hydrogens (tertiary/aromatic N) is 3. The maximum absolute atomic E-state index is 13.4. The number of carbonyl (C=O) groups is 2. The molecular formula is C29H24N3O5S3-. The number of benzene rings is 2. The molecule has 11 heteroatoms. The Labute approximate surface area is 241 Å². The molecule has 40 heavy (non-hydrogen) atoms. The van der Waals surface area contributed by atoms with E-state index in [4.69, 9.17) is 9.40 Å². The molecule has 204 valence electrons. The molecule has 1 aliphatic heterocycles. The van der Waals surface area contributed by atoms with Gasteiger partial charge < -0.3 is 13.9 Å². The van der Waals surface area contributed by atoms with Crippen molar-refractivity contribution in [1.82, 2.24) is 4.98 Å². The number of thiophene rings is 1. The van der Waals surface area contributed by atoms with Crippen molar-refractivity contribution in [2.75, 3.05) is 22.9 Å². The van der Waals surface area contributed by atoms with E-state index in [2.05, 4.69) is 0 Å². The number of fused-ring (bicyclic) bond motifs is 2. The summed E-state index contributed by atoms with van der Waals surface area (Å²) >= 11 is 0.583. The van der Waals surface area contributed by atoms with E-state index >= 15 is 0 Å². The van der Waals surface area contributed by atoms with E-state index in [0.717, 1.165) is 27.8 Å². The number of thiazole rings is 1. The second-order valence-electron chi connectivity index (χ2n) is 9.41. The van der Waals surface area contributed by atoms with Gasteiger partial charge in [-0.2, -0.15) is 0 Å². The summed E-state index contributed by atoms with van der Waals surface area (Å²) in [5, 5.41) is 5.28. The Kier molecular flexibility index (Phi) is 7.61. The third-order valence-corrected chi connectivity index (χ3v) is 9.07. The number of rotatable bonds is 9. The first kappa shape index (κ1) is 26.6. The molecule has 1 unspecified atom stereocenters. The minimum absolute atomic E-state index is 0.0236. The second kappa shape index (κ2) is 11.5. The maximum atomic E-state index is 13.4. The second-order valence-corrected chi connectivity index (χ2v) is 12.1. The fourth-order valence-corrected chi connectivity index (χ4v) is 6.85. The van der Waals surface area contributed by atoms with Crippen LogP contribution >= 0.6 is 22.7 Å². The zero-order chi connectivity index (χ0) is 27.6. The smallest absolute Gasteiger partial charge is 0.270 e. The highest BCUT2D eigenvalue weighted by Gasteiger charge is 2.26. The van der Waals surface area contributed by atoms with Crippen molar-refractivity contribution in [3.63, 3.8) is 0 Å². The lowest BCUT2D eigenvalue weighted by atomic mass is 10.1. The van der Waals surface area contributed by atoms with E-state index in [1.165, 1.54) is 22.7 Å². The Hall–Kier alpha value is -3.64. The van der Waals surface area contributed by atoms with Crippen LogP contribution in [0.2, 0.25) is 0 Å². The van der Waals surface area contributed by atoms with Gasteiger partial charge in [-0.05, 0) is 53.6 Å². The summed E-state index contributed by atoms with van der Waals surface area (Å²) in [4.78, 5) is 35.3. The van der Waals surface area contributed by atoms with Crippen LogP contribution in [0.3, 0.4) is 0 Å². The molecule has 0 saturated carbocycles. The van der Waals surface area contributed by atoms with Crippen molar-refractivity contribution in [2.24, 2.45) is 0 Å². The summed E-state index contributed by atoms with van der Waals surface area (Å²) in [5.74, 6) is 0.427. The molecule has 1 atom stereocenters. The predicted octanol–water partition coefficient (Wildman–Crippen LogP) is 6.01. The van der Waals surface area contributed by atoms with Gasteiger partial charge in [-0.1, -0.05) is 47.5 Å². The molecule has 0 spiro atoms. The molecule has 0 saturated heterocycles. The van der Waals surface area contributed by atoms with Gasteiger partial charge in [0, 0.05) is 41.7 Å². The quantitative estimate of drug-likeness (QED) is 0.195. The Morgan fingerprint density at radius 1 is 1.10 bits per heavy atom. The van der Waals surface area contributed by atoms with Crippen molar-refractivity contribution in [2.45, 2.75) is 25.0 Å². The number of aromatic nitrogens is 1. The molecular weight excluding hydrogens is 567 g/mol. The summed E-state index contributed by atoms with van der Waals surface area (Å²) in [6, 6.07) is 18.8. The summed E-state index contributed by atoms with van der Waals surface area (Å²) in [5.41, 5.74) is 3.95. The van der Waals surface area contributed by atoms with Gasteiger partial charge >= 0.3 is 0 Å². The Morgan fingerprint density at radius 2 is 1.98 bits per heavy atom. The molecule has 6 rings (SSSR count). The van der Waals surface area contributed by atoms with Crippen LogP contribution in [0, 0.1) is 0 Å². The first-order valence-corrected chi connectivity index (χ1v) is 15.7. The Balaban J connectivity index is 1.16. The van der Waals surface area contributed by atoms with Gasteiger partial charge in [0.1, 0.15) is 11.3 Å². The van der Waals surface area contributed by atoms with E-state index in [1.807, 2.05) is 59.3 Å². The van der Waals surface area contributed by atoms with Gasteiger partial charge in [0.25, 0.3) is 5.91 Å². The molecule has 8 nitrogen and oxygen atoms in total. The van der Waals surface area contributed by atoms with E-state index < -0.39 is 11.1 Å². The molecule has 0 radical (unpaired) electrons. The van der Waals surface area contributed by atoms with Gasteiger partial charge in [-0.3, -0.25) is 18.7 Å². The summed E-state index contributed by atoms with van der Waals surface area (Å²) in [6.07, 6.45) is 1.42.